The third-order valence-corrected chi connectivity index (χ3v) is 1.61. The molecule has 0 spiro atoms. The first-order valence-corrected chi connectivity index (χ1v) is 4.83. The summed E-state index contributed by atoms with van der Waals surface area (Å²) in [6.45, 7) is 0. The Morgan fingerprint density at radius 1 is 1.64 bits per heavy atom. The van der Waals surface area contributed by atoms with E-state index in [1.165, 1.54) is 10.9 Å². The second-order valence-electron chi connectivity index (χ2n) is 2.28. The van der Waals surface area contributed by atoms with Gasteiger partial charge in [-0.1, -0.05) is 0 Å². The number of aryl methyl sites for hydroxylation is 1. The van der Waals surface area contributed by atoms with Crippen LogP contribution in [0.5, 0.6) is 0 Å². The van der Waals surface area contributed by atoms with Crippen molar-refractivity contribution in [3.8, 4) is 0 Å². The van der Waals surface area contributed by atoms with Gasteiger partial charge in [0.2, 0.25) is 10.0 Å². The van der Waals surface area contributed by atoms with Gasteiger partial charge in [0.25, 0.3) is 0 Å². The van der Waals surface area contributed by atoms with Crippen LogP contribution in [0.2, 0.25) is 0 Å². The van der Waals surface area contributed by atoms with E-state index in [2.05, 4.69) is 9.82 Å². The zero-order chi connectivity index (χ0) is 8.48. The molecule has 1 aromatic rings. The van der Waals surface area contributed by atoms with E-state index in [1.807, 2.05) is 0 Å². The van der Waals surface area contributed by atoms with E-state index in [9.17, 15) is 8.42 Å². The van der Waals surface area contributed by atoms with Crippen LogP contribution in [-0.2, 0) is 17.1 Å². The van der Waals surface area contributed by atoms with E-state index in [0.29, 0.717) is 5.69 Å². The summed E-state index contributed by atoms with van der Waals surface area (Å²) in [5, 5.41) is 3.79. The first-order valence-electron chi connectivity index (χ1n) is 2.94. The summed E-state index contributed by atoms with van der Waals surface area (Å²) in [6.07, 6.45) is 4.13. The van der Waals surface area contributed by atoms with Crippen LogP contribution in [0.15, 0.2) is 12.4 Å². The molecule has 0 fully saturated rings. The lowest BCUT2D eigenvalue weighted by Crippen LogP contribution is -2.08. The average Bonchev–Trinajstić information content (AvgIpc) is 2.10. The van der Waals surface area contributed by atoms with Gasteiger partial charge in [0.15, 0.2) is 0 Å². The Bertz CT molecular complexity index is 340. The van der Waals surface area contributed by atoms with Gasteiger partial charge in [0, 0.05) is 13.2 Å². The number of rotatable bonds is 2. The maximum atomic E-state index is 10.7. The fourth-order valence-corrected chi connectivity index (χ4v) is 1.22. The second kappa shape index (κ2) is 2.54. The van der Waals surface area contributed by atoms with E-state index >= 15 is 0 Å². The molecule has 0 radical (unpaired) electrons. The zero-order valence-corrected chi connectivity index (χ0v) is 7.09. The molecule has 0 saturated heterocycles. The van der Waals surface area contributed by atoms with Crippen molar-refractivity contribution in [2.24, 2.45) is 7.05 Å². The van der Waals surface area contributed by atoms with Gasteiger partial charge in [-0.2, -0.15) is 5.10 Å². The minimum atomic E-state index is -3.17. The second-order valence-corrected chi connectivity index (χ2v) is 4.03. The Morgan fingerprint density at radius 3 is 2.64 bits per heavy atom. The van der Waals surface area contributed by atoms with Crippen LogP contribution in [0.25, 0.3) is 0 Å². The average molecular weight is 175 g/mol. The molecule has 6 heteroatoms. The Kier molecular flexibility index (Phi) is 1.86. The maximum absolute atomic E-state index is 10.7. The van der Waals surface area contributed by atoms with Crippen LogP contribution < -0.4 is 4.72 Å². The van der Waals surface area contributed by atoms with Gasteiger partial charge in [-0.25, -0.2) is 8.42 Å². The van der Waals surface area contributed by atoms with Gasteiger partial charge in [-0.3, -0.25) is 9.40 Å². The van der Waals surface area contributed by atoms with Crippen molar-refractivity contribution in [2.45, 2.75) is 0 Å². The highest BCUT2D eigenvalue weighted by Gasteiger charge is 2.01. The number of hydrogen-bond donors (Lipinski definition) is 1. The summed E-state index contributed by atoms with van der Waals surface area (Å²) in [5.74, 6) is 0. The molecule has 1 N–H and O–H groups in total. The van der Waals surface area contributed by atoms with Gasteiger partial charge in [-0.15, -0.1) is 0 Å². The van der Waals surface area contributed by atoms with E-state index in [4.69, 9.17) is 0 Å². The molecule has 0 bridgehead atoms. The zero-order valence-electron chi connectivity index (χ0n) is 6.27. The third kappa shape index (κ3) is 2.58. The highest BCUT2D eigenvalue weighted by molar-refractivity contribution is 7.92. The van der Waals surface area contributed by atoms with Crippen LogP contribution in [0.1, 0.15) is 0 Å². The normalized spacial score (nSPS) is 11.5. The van der Waals surface area contributed by atoms with Gasteiger partial charge in [0.05, 0.1) is 18.1 Å². The lowest BCUT2D eigenvalue weighted by Gasteiger charge is -1.96. The van der Waals surface area contributed by atoms with Crippen LogP contribution in [0.4, 0.5) is 5.69 Å². The molecule has 0 aliphatic carbocycles. The lowest BCUT2D eigenvalue weighted by atomic mass is 10.6. The van der Waals surface area contributed by atoms with Crippen LogP contribution >= 0.6 is 0 Å². The van der Waals surface area contributed by atoms with Crippen molar-refractivity contribution in [1.82, 2.24) is 9.78 Å². The Labute approximate surface area is 65.1 Å². The van der Waals surface area contributed by atoms with Gasteiger partial charge < -0.3 is 0 Å². The van der Waals surface area contributed by atoms with Gasteiger partial charge >= 0.3 is 0 Å². The Morgan fingerprint density at radius 2 is 2.27 bits per heavy atom. The van der Waals surface area contributed by atoms with E-state index in [0.717, 1.165) is 6.26 Å². The molecule has 11 heavy (non-hydrogen) atoms. The SMILES string of the molecule is Cn1cc(NS(C)(=O)=O)cn1. The first kappa shape index (κ1) is 8.06. The summed E-state index contributed by atoms with van der Waals surface area (Å²) in [7, 11) is -1.45. The minimum Gasteiger partial charge on any atom is -0.281 e. The van der Waals surface area contributed by atoms with E-state index in [1.54, 1.807) is 13.2 Å². The molecule has 0 amide bonds. The fourth-order valence-electron chi connectivity index (χ4n) is 0.688. The number of sulfonamides is 1. The van der Waals surface area contributed by atoms with Crippen molar-refractivity contribution >= 4 is 15.7 Å². The number of hydrogen-bond acceptors (Lipinski definition) is 3. The van der Waals surface area contributed by atoms with E-state index in [-0.39, 0.29) is 0 Å². The van der Waals surface area contributed by atoms with Crippen molar-refractivity contribution in [3.05, 3.63) is 12.4 Å². The molecule has 0 unspecified atom stereocenters. The summed E-state index contributed by atoms with van der Waals surface area (Å²) in [4.78, 5) is 0. The molecule has 0 saturated carbocycles. The van der Waals surface area contributed by atoms with Crippen LogP contribution in [0, 0.1) is 0 Å². The smallest absolute Gasteiger partial charge is 0.229 e. The fraction of sp³-hybridized carbons (Fsp3) is 0.400. The standard InChI is InChI=1S/C5H9N3O2S/c1-8-4-5(3-6-8)7-11(2,9)10/h3-4,7H,1-2H3. The highest BCUT2D eigenvalue weighted by atomic mass is 32.2. The summed E-state index contributed by atoms with van der Waals surface area (Å²) in [6, 6.07) is 0. The summed E-state index contributed by atoms with van der Waals surface area (Å²) in [5.41, 5.74) is 0.481. The molecular formula is C5H9N3O2S. The molecule has 62 valence electrons. The summed E-state index contributed by atoms with van der Waals surface area (Å²) >= 11 is 0. The predicted octanol–water partition coefficient (Wildman–Crippen LogP) is -0.208. The number of nitrogens with zero attached hydrogens (tertiary/aromatic N) is 2. The van der Waals surface area contributed by atoms with Crippen molar-refractivity contribution in [1.29, 1.82) is 0 Å². The molecule has 0 aromatic carbocycles. The van der Waals surface area contributed by atoms with E-state index < -0.39 is 10.0 Å². The molecule has 1 aromatic heterocycles. The van der Waals surface area contributed by atoms with Crippen LogP contribution in [0.3, 0.4) is 0 Å². The van der Waals surface area contributed by atoms with Crippen LogP contribution in [-0.4, -0.2) is 24.5 Å². The first-order chi connectivity index (χ1) is 4.97. The lowest BCUT2D eigenvalue weighted by molar-refractivity contribution is 0.607. The van der Waals surface area contributed by atoms with Crippen molar-refractivity contribution in [3.63, 3.8) is 0 Å². The molecule has 1 heterocycles. The summed E-state index contributed by atoms with van der Waals surface area (Å²) < 4.78 is 25.1. The third-order valence-electron chi connectivity index (χ3n) is 1.01. The van der Waals surface area contributed by atoms with Gasteiger partial charge in [-0.05, 0) is 0 Å². The molecule has 0 atom stereocenters. The molecule has 0 aliphatic rings. The topological polar surface area (TPSA) is 64.0 Å². The highest BCUT2D eigenvalue weighted by Crippen LogP contribution is 2.04. The monoisotopic (exact) mass is 175 g/mol. The molecule has 0 aliphatic heterocycles. The largest absolute Gasteiger partial charge is 0.281 e. The quantitative estimate of drug-likeness (QED) is 0.676. The Balaban J connectivity index is 2.81. The van der Waals surface area contributed by atoms with Crippen molar-refractivity contribution < 1.29 is 8.42 Å². The molecule has 1 rings (SSSR count). The number of anilines is 1. The number of aromatic nitrogens is 2. The van der Waals surface area contributed by atoms with Gasteiger partial charge in [0.1, 0.15) is 0 Å². The van der Waals surface area contributed by atoms with Crippen molar-refractivity contribution in [2.75, 3.05) is 11.0 Å². The minimum absolute atomic E-state index is 0.481. The maximum Gasteiger partial charge on any atom is 0.229 e. The predicted molar refractivity (Wildman–Crippen MR) is 41.7 cm³/mol. The number of nitrogens with one attached hydrogen (secondary N) is 1. The Hall–Kier alpha value is -1.04. The molecular weight excluding hydrogens is 166 g/mol. The molecule has 5 nitrogen and oxygen atoms in total.